The Morgan fingerprint density at radius 2 is 1.89 bits per heavy atom. The molecular formula is C21H23N3O3S. The van der Waals surface area contributed by atoms with E-state index in [1.807, 2.05) is 42.2 Å². The summed E-state index contributed by atoms with van der Waals surface area (Å²) in [6.45, 7) is 2.65. The maximum atomic E-state index is 12.7. The van der Waals surface area contributed by atoms with Crippen LogP contribution >= 0.6 is 0 Å². The van der Waals surface area contributed by atoms with E-state index in [1.54, 1.807) is 12.1 Å². The topological polar surface area (TPSA) is 78.8 Å². The lowest BCUT2D eigenvalue weighted by Gasteiger charge is -2.29. The molecule has 7 heteroatoms. The number of nitrogens with one attached hydrogen (secondary N) is 1. The van der Waals surface area contributed by atoms with Gasteiger partial charge >= 0.3 is 0 Å². The third kappa shape index (κ3) is 3.54. The first-order valence-electron chi connectivity index (χ1n) is 9.57. The molecule has 1 unspecified atom stereocenters. The van der Waals surface area contributed by atoms with Crippen molar-refractivity contribution >= 4 is 27.5 Å². The fourth-order valence-electron chi connectivity index (χ4n) is 3.73. The summed E-state index contributed by atoms with van der Waals surface area (Å²) in [6, 6.07) is 14.3. The van der Waals surface area contributed by atoms with Crippen molar-refractivity contribution in [3.05, 3.63) is 59.7 Å². The van der Waals surface area contributed by atoms with E-state index < -0.39 is 10.0 Å². The van der Waals surface area contributed by atoms with Crippen LogP contribution in [0.2, 0.25) is 0 Å². The van der Waals surface area contributed by atoms with Gasteiger partial charge in [0.25, 0.3) is 15.9 Å². The number of fused-ring (bicyclic) bond motifs is 3. The number of carbonyl (C=O) groups is 1. The molecule has 2 aliphatic heterocycles. The lowest BCUT2D eigenvalue weighted by Crippen LogP contribution is -2.35. The summed E-state index contributed by atoms with van der Waals surface area (Å²) in [6.07, 6.45) is 3.66. The van der Waals surface area contributed by atoms with Crippen LogP contribution < -0.4 is 10.2 Å². The van der Waals surface area contributed by atoms with Crippen LogP contribution in [0.15, 0.2) is 57.8 Å². The molecule has 1 amide bonds. The minimum absolute atomic E-state index is 0.109. The molecule has 2 aliphatic rings. The molecule has 0 radical (unpaired) electrons. The molecule has 0 bridgehead atoms. The van der Waals surface area contributed by atoms with E-state index >= 15 is 0 Å². The number of carbonyl (C=O) groups excluding carboxylic acids is 1. The van der Waals surface area contributed by atoms with Crippen molar-refractivity contribution in [2.24, 2.45) is 4.40 Å². The molecule has 1 fully saturated rings. The average Bonchev–Trinajstić information content (AvgIpc) is 2.93. The van der Waals surface area contributed by atoms with Crippen LogP contribution in [0.1, 0.15) is 54.6 Å². The zero-order chi connectivity index (χ0) is 19.7. The summed E-state index contributed by atoms with van der Waals surface area (Å²) >= 11 is 0. The molecule has 0 spiro atoms. The highest BCUT2D eigenvalue weighted by molar-refractivity contribution is 7.90. The van der Waals surface area contributed by atoms with Gasteiger partial charge in [0.2, 0.25) is 0 Å². The first-order valence-corrected chi connectivity index (χ1v) is 11.0. The molecule has 2 aromatic carbocycles. The van der Waals surface area contributed by atoms with Crippen molar-refractivity contribution < 1.29 is 13.2 Å². The number of rotatable bonds is 3. The van der Waals surface area contributed by atoms with Crippen LogP contribution in [-0.4, -0.2) is 26.7 Å². The summed E-state index contributed by atoms with van der Waals surface area (Å²) in [5.41, 5.74) is 1.93. The maximum Gasteiger partial charge on any atom is 0.286 e. The van der Waals surface area contributed by atoms with Gasteiger partial charge in [-0.2, -0.15) is 8.42 Å². The van der Waals surface area contributed by atoms with Gasteiger partial charge in [-0.3, -0.25) is 4.79 Å². The molecular weight excluding hydrogens is 374 g/mol. The summed E-state index contributed by atoms with van der Waals surface area (Å²) in [5, 5.41) is 2.93. The standard InChI is InChI=1S/C21H23N3O3S/c1-15(16-8-4-2-5-9-16)22-21(25)17-11-12-18-19(14-17)28(26,27)23-20-10-6-3-7-13-24(18)20/h2,4-5,8-9,11-12,14-15H,3,6-7,10,13H2,1H3,(H,22,25). The number of benzene rings is 2. The monoisotopic (exact) mass is 397 g/mol. The largest absolute Gasteiger partial charge is 0.346 e. The third-order valence-electron chi connectivity index (χ3n) is 5.26. The normalized spacial score (nSPS) is 18.9. The zero-order valence-corrected chi connectivity index (χ0v) is 16.6. The number of anilines is 1. The second kappa shape index (κ2) is 7.39. The Kier molecular flexibility index (Phi) is 4.93. The number of nitrogens with zero attached hydrogens (tertiary/aromatic N) is 2. The van der Waals surface area contributed by atoms with Crippen molar-refractivity contribution in [1.29, 1.82) is 0 Å². The fraction of sp³-hybridized carbons (Fsp3) is 0.333. The second-order valence-electron chi connectivity index (χ2n) is 7.23. The molecule has 2 aromatic rings. The van der Waals surface area contributed by atoms with Gasteiger partial charge in [-0.25, -0.2) is 0 Å². The number of sulfonamides is 1. The Hall–Kier alpha value is -2.67. The van der Waals surface area contributed by atoms with Crippen molar-refractivity contribution in [3.8, 4) is 0 Å². The Bertz CT molecular complexity index is 1030. The molecule has 0 aliphatic carbocycles. The highest BCUT2D eigenvalue weighted by atomic mass is 32.2. The molecule has 2 heterocycles. The Balaban J connectivity index is 1.63. The number of amidine groups is 1. The van der Waals surface area contributed by atoms with Crippen LogP contribution in [0.25, 0.3) is 0 Å². The Labute approximate surface area is 165 Å². The Morgan fingerprint density at radius 1 is 1.11 bits per heavy atom. The van der Waals surface area contributed by atoms with Crippen molar-refractivity contribution in [2.75, 3.05) is 11.4 Å². The smallest absolute Gasteiger partial charge is 0.286 e. The van der Waals surface area contributed by atoms with Gasteiger partial charge in [0.05, 0.1) is 11.7 Å². The molecule has 28 heavy (non-hydrogen) atoms. The van der Waals surface area contributed by atoms with Crippen LogP contribution in [0.4, 0.5) is 5.69 Å². The SMILES string of the molecule is CC(NC(=O)c1ccc2c(c1)S(=O)(=O)N=C1CCCCCN12)c1ccccc1. The van der Waals surface area contributed by atoms with Crippen LogP contribution in [0, 0.1) is 0 Å². The van der Waals surface area contributed by atoms with E-state index in [9.17, 15) is 13.2 Å². The fourth-order valence-corrected chi connectivity index (χ4v) is 5.01. The zero-order valence-electron chi connectivity index (χ0n) is 15.8. The molecule has 146 valence electrons. The first kappa shape index (κ1) is 18.7. The minimum Gasteiger partial charge on any atom is -0.346 e. The Morgan fingerprint density at radius 3 is 2.68 bits per heavy atom. The highest BCUT2D eigenvalue weighted by Gasteiger charge is 2.32. The van der Waals surface area contributed by atoms with Crippen molar-refractivity contribution in [2.45, 2.75) is 43.5 Å². The van der Waals surface area contributed by atoms with E-state index in [2.05, 4.69) is 9.71 Å². The molecule has 1 atom stereocenters. The molecule has 0 aromatic heterocycles. The summed E-state index contributed by atoms with van der Waals surface area (Å²) < 4.78 is 29.5. The van der Waals surface area contributed by atoms with Crippen LogP contribution in [0.5, 0.6) is 0 Å². The molecule has 0 saturated carbocycles. The van der Waals surface area contributed by atoms with Gasteiger partial charge in [0, 0.05) is 18.5 Å². The molecule has 1 N–H and O–H groups in total. The lowest BCUT2D eigenvalue weighted by atomic mass is 10.1. The van der Waals surface area contributed by atoms with Crippen molar-refractivity contribution in [3.63, 3.8) is 0 Å². The lowest BCUT2D eigenvalue weighted by molar-refractivity contribution is 0.0939. The molecule has 6 nitrogen and oxygen atoms in total. The van der Waals surface area contributed by atoms with Gasteiger partial charge in [-0.15, -0.1) is 4.40 Å². The third-order valence-corrected chi connectivity index (χ3v) is 6.59. The maximum absolute atomic E-state index is 12.7. The van der Waals surface area contributed by atoms with E-state index in [4.69, 9.17) is 0 Å². The number of hydrogen-bond donors (Lipinski definition) is 1. The van der Waals surface area contributed by atoms with Crippen LogP contribution in [0.3, 0.4) is 0 Å². The van der Waals surface area contributed by atoms with Gasteiger partial charge in [0.1, 0.15) is 10.7 Å². The second-order valence-corrected chi connectivity index (χ2v) is 8.81. The quantitative estimate of drug-likeness (QED) is 0.857. The predicted molar refractivity (Wildman–Crippen MR) is 109 cm³/mol. The van der Waals surface area contributed by atoms with Gasteiger partial charge in [0.15, 0.2) is 0 Å². The number of hydrogen-bond acceptors (Lipinski definition) is 4. The first-order chi connectivity index (χ1) is 13.5. The molecule has 1 saturated heterocycles. The van der Waals surface area contributed by atoms with E-state index in [-0.39, 0.29) is 16.8 Å². The van der Waals surface area contributed by atoms with Crippen LogP contribution in [-0.2, 0) is 10.0 Å². The number of amides is 1. The van der Waals surface area contributed by atoms with Gasteiger partial charge in [-0.1, -0.05) is 36.8 Å². The average molecular weight is 398 g/mol. The van der Waals surface area contributed by atoms with Gasteiger partial charge in [-0.05, 0) is 43.5 Å². The summed E-state index contributed by atoms with van der Waals surface area (Å²) in [5.74, 6) is 0.305. The summed E-state index contributed by atoms with van der Waals surface area (Å²) in [7, 11) is -3.80. The van der Waals surface area contributed by atoms with E-state index in [0.717, 1.165) is 31.4 Å². The summed E-state index contributed by atoms with van der Waals surface area (Å²) in [4.78, 5) is 14.8. The molecule has 4 rings (SSSR count). The van der Waals surface area contributed by atoms with Gasteiger partial charge < -0.3 is 10.2 Å². The van der Waals surface area contributed by atoms with E-state index in [1.165, 1.54) is 6.07 Å². The van der Waals surface area contributed by atoms with E-state index in [0.29, 0.717) is 23.5 Å². The minimum atomic E-state index is -3.80. The highest BCUT2D eigenvalue weighted by Crippen LogP contribution is 2.35. The van der Waals surface area contributed by atoms with Crippen molar-refractivity contribution in [1.82, 2.24) is 5.32 Å². The predicted octanol–water partition coefficient (Wildman–Crippen LogP) is 3.66.